The Morgan fingerprint density at radius 3 is 2.75 bits per heavy atom. The fraction of sp³-hybridized carbons (Fsp3) is 0.769. The predicted octanol–water partition coefficient (Wildman–Crippen LogP) is 2.44. The second kappa shape index (κ2) is 6.04. The Morgan fingerprint density at radius 2 is 2.25 bits per heavy atom. The number of esters is 1. The van der Waals surface area contributed by atoms with Crippen molar-refractivity contribution in [1.82, 2.24) is 0 Å². The van der Waals surface area contributed by atoms with Gasteiger partial charge >= 0.3 is 5.97 Å². The molecular weight excluding hydrogens is 204 g/mol. The van der Waals surface area contributed by atoms with Gasteiger partial charge in [-0.1, -0.05) is 19.9 Å². The summed E-state index contributed by atoms with van der Waals surface area (Å²) in [5, 5.41) is 9.61. The number of aliphatic hydroxyl groups excluding tert-OH is 1. The molecule has 16 heavy (non-hydrogen) atoms. The molecule has 92 valence electrons. The van der Waals surface area contributed by atoms with Crippen LogP contribution in [0.1, 0.15) is 46.0 Å². The Balaban J connectivity index is 2.52. The zero-order valence-corrected chi connectivity index (χ0v) is 10.2. The minimum atomic E-state index is -0.313. The Labute approximate surface area is 97.5 Å². The average Bonchev–Trinajstić information content (AvgIpc) is 2.25. The maximum Gasteiger partial charge on any atom is 0.333 e. The van der Waals surface area contributed by atoms with Gasteiger partial charge in [0.1, 0.15) is 6.10 Å². The Kier molecular flexibility index (Phi) is 5.00. The van der Waals surface area contributed by atoms with Gasteiger partial charge in [-0.05, 0) is 38.5 Å². The van der Waals surface area contributed by atoms with Crippen LogP contribution >= 0.6 is 0 Å². The van der Waals surface area contributed by atoms with Crippen molar-refractivity contribution in [3.63, 3.8) is 0 Å². The molecule has 0 amide bonds. The van der Waals surface area contributed by atoms with E-state index in [1.54, 1.807) is 6.92 Å². The lowest BCUT2D eigenvalue weighted by molar-refractivity contribution is -0.148. The van der Waals surface area contributed by atoms with Gasteiger partial charge in [0.2, 0.25) is 0 Å². The Hall–Kier alpha value is -0.830. The van der Waals surface area contributed by atoms with Gasteiger partial charge in [-0.15, -0.1) is 0 Å². The van der Waals surface area contributed by atoms with Crippen molar-refractivity contribution in [2.45, 2.75) is 58.2 Å². The van der Waals surface area contributed by atoms with E-state index < -0.39 is 0 Å². The molecule has 0 saturated heterocycles. The molecule has 1 fully saturated rings. The molecule has 0 bridgehead atoms. The number of hydrogen-bond acceptors (Lipinski definition) is 3. The van der Waals surface area contributed by atoms with Crippen LogP contribution in [0.15, 0.2) is 12.2 Å². The average molecular weight is 226 g/mol. The van der Waals surface area contributed by atoms with Gasteiger partial charge in [0.25, 0.3) is 0 Å². The Morgan fingerprint density at radius 1 is 1.56 bits per heavy atom. The number of rotatable bonds is 4. The van der Waals surface area contributed by atoms with Crippen LogP contribution in [0.4, 0.5) is 0 Å². The predicted molar refractivity (Wildman–Crippen MR) is 62.9 cm³/mol. The molecule has 1 N–H and O–H groups in total. The number of carbonyl (C=O) groups excluding carboxylic acids is 1. The van der Waals surface area contributed by atoms with Crippen LogP contribution in [-0.4, -0.2) is 23.3 Å². The molecule has 0 aromatic heterocycles. The zero-order chi connectivity index (χ0) is 12.1. The number of aliphatic hydroxyl groups is 1. The summed E-state index contributed by atoms with van der Waals surface area (Å²) in [4.78, 5) is 11.5. The van der Waals surface area contributed by atoms with Gasteiger partial charge in [0.05, 0.1) is 6.10 Å². The van der Waals surface area contributed by atoms with Gasteiger partial charge < -0.3 is 9.84 Å². The van der Waals surface area contributed by atoms with Crippen molar-refractivity contribution in [2.75, 3.05) is 0 Å². The lowest BCUT2D eigenvalue weighted by Crippen LogP contribution is -2.32. The van der Waals surface area contributed by atoms with Crippen molar-refractivity contribution in [3.8, 4) is 0 Å². The summed E-state index contributed by atoms with van der Waals surface area (Å²) in [6, 6.07) is 0. The smallest absolute Gasteiger partial charge is 0.333 e. The highest BCUT2D eigenvalue weighted by Gasteiger charge is 2.29. The first-order valence-electron chi connectivity index (χ1n) is 6.09. The molecule has 3 atom stereocenters. The third kappa shape index (κ3) is 3.63. The fourth-order valence-electron chi connectivity index (χ4n) is 2.29. The van der Waals surface area contributed by atoms with Crippen LogP contribution in [-0.2, 0) is 9.53 Å². The third-order valence-corrected chi connectivity index (χ3v) is 3.22. The highest BCUT2D eigenvalue weighted by molar-refractivity contribution is 5.87. The quantitative estimate of drug-likeness (QED) is 0.591. The summed E-state index contributed by atoms with van der Waals surface area (Å²) >= 11 is 0. The van der Waals surface area contributed by atoms with E-state index in [4.69, 9.17) is 4.74 Å². The minimum absolute atomic E-state index is 0.0702. The largest absolute Gasteiger partial charge is 0.459 e. The van der Waals surface area contributed by atoms with E-state index >= 15 is 0 Å². The summed E-state index contributed by atoms with van der Waals surface area (Å²) in [5.41, 5.74) is 0.440. The van der Waals surface area contributed by atoms with Crippen molar-refractivity contribution in [1.29, 1.82) is 0 Å². The van der Waals surface area contributed by atoms with Crippen LogP contribution < -0.4 is 0 Å². The van der Waals surface area contributed by atoms with Crippen LogP contribution in [0, 0.1) is 5.92 Å². The molecule has 1 saturated carbocycles. The molecule has 3 unspecified atom stereocenters. The molecule has 1 aliphatic carbocycles. The summed E-state index contributed by atoms with van der Waals surface area (Å²) in [6.45, 7) is 7.25. The molecule has 0 aromatic carbocycles. The lowest BCUT2D eigenvalue weighted by atomic mass is 9.82. The van der Waals surface area contributed by atoms with Crippen LogP contribution in [0.3, 0.4) is 0 Å². The van der Waals surface area contributed by atoms with Crippen molar-refractivity contribution >= 4 is 5.97 Å². The fourth-order valence-corrected chi connectivity index (χ4v) is 2.29. The molecule has 0 aromatic rings. The van der Waals surface area contributed by atoms with Gasteiger partial charge in [-0.3, -0.25) is 0 Å². The first-order valence-corrected chi connectivity index (χ1v) is 6.09. The third-order valence-electron chi connectivity index (χ3n) is 3.22. The minimum Gasteiger partial charge on any atom is -0.459 e. The van der Waals surface area contributed by atoms with Crippen LogP contribution in [0.25, 0.3) is 0 Å². The van der Waals surface area contributed by atoms with Crippen LogP contribution in [0.2, 0.25) is 0 Å². The van der Waals surface area contributed by atoms with Crippen LogP contribution in [0.5, 0.6) is 0 Å². The zero-order valence-electron chi connectivity index (χ0n) is 10.2. The SMILES string of the molecule is C=C(C)C(=O)OC(CC)C1CCCC(O)C1. The summed E-state index contributed by atoms with van der Waals surface area (Å²) in [7, 11) is 0. The molecule has 0 aliphatic heterocycles. The maximum atomic E-state index is 11.5. The van der Waals surface area contributed by atoms with Gasteiger partial charge in [0.15, 0.2) is 0 Å². The molecule has 0 spiro atoms. The maximum absolute atomic E-state index is 11.5. The van der Waals surface area contributed by atoms with Gasteiger partial charge in [-0.25, -0.2) is 4.79 Å². The van der Waals surface area contributed by atoms with E-state index in [1.807, 2.05) is 6.92 Å². The number of ether oxygens (including phenoxy) is 1. The highest BCUT2D eigenvalue weighted by Crippen LogP contribution is 2.30. The second-order valence-corrected chi connectivity index (χ2v) is 4.71. The molecule has 3 nitrogen and oxygen atoms in total. The summed E-state index contributed by atoms with van der Waals surface area (Å²) in [5.74, 6) is -0.0102. The van der Waals surface area contributed by atoms with E-state index in [2.05, 4.69) is 6.58 Å². The van der Waals surface area contributed by atoms with Crippen molar-refractivity contribution < 1.29 is 14.6 Å². The van der Waals surface area contributed by atoms with E-state index in [9.17, 15) is 9.90 Å². The topological polar surface area (TPSA) is 46.5 Å². The van der Waals surface area contributed by atoms with E-state index in [0.29, 0.717) is 11.5 Å². The van der Waals surface area contributed by atoms with E-state index in [1.165, 1.54) is 0 Å². The molecule has 3 heteroatoms. The first-order chi connectivity index (χ1) is 7.54. The van der Waals surface area contributed by atoms with E-state index in [0.717, 1.165) is 32.1 Å². The number of carbonyl (C=O) groups is 1. The molecule has 0 radical (unpaired) electrons. The van der Waals surface area contributed by atoms with Crippen molar-refractivity contribution in [2.24, 2.45) is 5.92 Å². The normalized spacial score (nSPS) is 27.2. The molecular formula is C13H22O3. The second-order valence-electron chi connectivity index (χ2n) is 4.71. The molecule has 0 heterocycles. The molecule has 1 aliphatic rings. The number of hydrogen-bond donors (Lipinski definition) is 1. The van der Waals surface area contributed by atoms with Gasteiger partial charge in [0, 0.05) is 5.57 Å². The molecule has 1 rings (SSSR count). The van der Waals surface area contributed by atoms with Crippen molar-refractivity contribution in [3.05, 3.63) is 12.2 Å². The summed E-state index contributed by atoms with van der Waals surface area (Å²) < 4.78 is 5.40. The Bertz CT molecular complexity index is 260. The highest BCUT2D eigenvalue weighted by atomic mass is 16.5. The first kappa shape index (κ1) is 13.2. The summed E-state index contributed by atoms with van der Waals surface area (Å²) in [6.07, 6.45) is 4.20. The van der Waals surface area contributed by atoms with E-state index in [-0.39, 0.29) is 18.2 Å². The standard InChI is InChI=1S/C13H22O3/c1-4-12(16-13(15)9(2)3)10-6-5-7-11(14)8-10/h10-12,14H,2,4-8H2,1,3H3. The lowest BCUT2D eigenvalue weighted by Gasteiger charge is -2.31. The monoisotopic (exact) mass is 226 g/mol. The van der Waals surface area contributed by atoms with Gasteiger partial charge in [-0.2, -0.15) is 0 Å².